The topological polar surface area (TPSA) is 83.5 Å². The number of ether oxygens (including phenoxy) is 1. The first-order chi connectivity index (χ1) is 11.5. The molecule has 0 fully saturated rings. The number of hydrogen-bond acceptors (Lipinski definition) is 6. The predicted octanol–water partition coefficient (Wildman–Crippen LogP) is 3.18. The lowest BCUT2D eigenvalue weighted by atomic mass is 10.1. The van der Waals surface area contributed by atoms with Crippen LogP contribution in [0.25, 0.3) is 0 Å². The summed E-state index contributed by atoms with van der Waals surface area (Å²) in [5.74, 6) is 0.0165. The Balaban J connectivity index is 2.21. The minimum atomic E-state index is -0.586. The van der Waals surface area contributed by atoms with E-state index in [0.717, 1.165) is 12.8 Å². The molecule has 1 aromatic rings. The second-order valence-corrected chi connectivity index (χ2v) is 7.22. The lowest BCUT2D eigenvalue weighted by molar-refractivity contribution is -0.116. The van der Waals surface area contributed by atoms with E-state index in [1.165, 1.54) is 30.6 Å². The second-order valence-electron chi connectivity index (χ2n) is 6.23. The van der Waals surface area contributed by atoms with Gasteiger partial charge in [-0.05, 0) is 6.42 Å². The molecule has 1 atom stereocenters. The van der Waals surface area contributed by atoms with Gasteiger partial charge >= 0.3 is 0 Å². The molecule has 0 spiro atoms. The van der Waals surface area contributed by atoms with Gasteiger partial charge in [0.1, 0.15) is 17.7 Å². The average Bonchev–Trinajstić information content (AvgIpc) is 2.98. The molecule has 1 heterocycles. The molecule has 138 valence electrons. The molecule has 1 aromatic heterocycles. The van der Waals surface area contributed by atoms with E-state index in [4.69, 9.17) is 4.74 Å². The molecule has 0 saturated carbocycles. The molecule has 0 aliphatic carbocycles. The number of thiazole rings is 1. The number of rotatable bonds is 13. The lowest BCUT2D eigenvalue weighted by Gasteiger charge is -2.13. The minimum absolute atomic E-state index is 0.0165. The van der Waals surface area contributed by atoms with Crippen LogP contribution in [0.2, 0.25) is 0 Å². The first kappa shape index (κ1) is 20.9. The number of anilines is 1. The number of carbonyl (C=O) groups is 1. The largest absolute Gasteiger partial charge is 0.467 e. The van der Waals surface area contributed by atoms with Crippen LogP contribution < -0.4 is 15.4 Å². The molecular weight excluding hydrogens is 326 g/mol. The van der Waals surface area contributed by atoms with Crippen LogP contribution in [0.5, 0.6) is 5.19 Å². The van der Waals surface area contributed by atoms with Crippen LogP contribution in [-0.4, -0.2) is 41.3 Å². The third-order valence-electron chi connectivity index (χ3n) is 3.42. The summed E-state index contributed by atoms with van der Waals surface area (Å²) in [6.07, 6.45) is 7.19. The van der Waals surface area contributed by atoms with Gasteiger partial charge in [0, 0.05) is 19.0 Å². The van der Waals surface area contributed by atoms with Crippen LogP contribution in [0.15, 0.2) is 6.20 Å². The predicted molar refractivity (Wildman–Crippen MR) is 98.8 cm³/mol. The maximum atomic E-state index is 11.8. The zero-order valence-electron chi connectivity index (χ0n) is 15.0. The monoisotopic (exact) mass is 357 g/mol. The van der Waals surface area contributed by atoms with Crippen molar-refractivity contribution in [3.8, 4) is 5.19 Å². The second kappa shape index (κ2) is 12.2. The van der Waals surface area contributed by atoms with Crippen molar-refractivity contribution in [2.45, 2.75) is 71.4 Å². The normalized spacial score (nSPS) is 12.4. The number of aliphatic hydroxyl groups is 1. The van der Waals surface area contributed by atoms with Gasteiger partial charge in [0.2, 0.25) is 5.91 Å². The summed E-state index contributed by atoms with van der Waals surface area (Å²) >= 11 is 1.28. The smallest absolute Gasteiger partial charge is 0.275 e. The molecule has 0 bridgehead atoms. The summed E-state index contributed by atoms with van der Waals surface area (Å²) in [5.41, 5.74) is 0. The van der Waals surface area contributed by atoms with Crippen molar-refractivity contribution >= 4 is 22.2 Å². The highest BCUT2D eigenvalue weighted by Crippen LogP contribution is 2.25. The van der Waals surface area contributed by atoms with E-state index in [1.807, 2.05) is 13.8 Å². The molecule has 7 heteroatoms. The van der Waals surface area contributed by atoms with Crippen LogP contribution in [0.3, 0.4) is 0 Å². The quantitative estimate of drug-likeness (QED) is 0.472. The number of aromatic nitrogens is 1. The van der Waals surface area contributed by atoms with E-state index in [2.05, 4.69) is 22.5 Å². The third-order valence-corrected chi connectivity index (χ3v) is 4.24. The number of hydrogen-bond donors (Lipinski definition) is 3. The van der Waals surface area contributed by atoms with Gasteiger partial charge in [-0.2, -0.15) is 0 Å². The van der Waals surface area contributed by atoms with Crippen molar-refractivity contribution in [1.29, 1.82) is 0 Å². The van der Waals surface area contributed by atoms with Gasteiger partial charge in [0.15, 0.2) is 0 Å². The number of unbranched alkanes of at least 4 members (excludes halogenated alkanes) is 4. The molecule has 0 aliphatic heterocycles. The van der Waals surface area contributed by atoms with Crippen LogP contribution in [-0.2, 0) is 4.79 Å². The van der Waals surface area contributed by atoms with Crippen molar-refractivity contribution in [1.82, 2.24) is 10.3 Å². The van der Waals surface area contributed by atoms with Crippen molar-refractivity contribution in [2.75, 3.05) is 18.5 Å². The van der Waals surface area contributed by atoms with Gasteiger partial charge in [-0.25, -0.2) is 4.98 Å². The summed E-state index contributed by atoms with van der Waals surface area (Å²) in [6.45, 7) is 6.87. The van der Waals surface area contributed by atoms with Gasteiger partial charge in [-0.15, -0.1) is 0 Å². The van der Waals surface area contributed by atoms with Crippen molar-refractivity contribution in [3.63, 3.8) is 0 Å². The maximum absolute atomic E-state index is 11.8. The fourth-order valence-corrected chi connectivity index (χ4v) is 2.76. The average molecular weight is 358 g/mol. The van der Waals surface area contributed by atoms with Gasteiger partial charge in [-0.1, -0.05) is 57.8 Å². The van der Waals surface area contributed by atoms with Gasteiger partial charge in [0.25, 0.3) is 5.19 Å². The fraction of sp³-hybridized carbons (Fsp3) is 0.765. The van der Waals surface area contributed by atoms with E-state index in [1.54, 1.807) is 6.20 Å². The van der Waals surface area contributed by atoms with Gasteiger partial charge in [-0.3, -0.25) is 4.79 Å². The fourth-order valence-electron chi connectivity index (χ4n) is 2.07. The van der Waals surface area contributed by atoms with E-state index in [0.29, 0.717) is 29.2 Å². The summed E-state index contributed by atoms with van der Waals surface area (Å²) in [4.78, 5) is 16.0. The molecule has 24 heavy (non-hydrogen) atoms. The molecule has 1 amide bonds. The highest BCUT2D eigenvalue weighted by Gasteiger charge is 2.10. The van der Waals surface area contributed by atoms with E-state index in [9.17, 15) is 9.90 Å². The Morgan fingerprint density at radius 1 is 1.33 bits per heavy atom. The number of nitrogens with zero attached hydrogens (tertiary/aromatic N) is 1. The Hall–Kier alpha value is -1.18. The minimum Gasteiger partial charge on any atom is -0.467 e. The Morgan fingerprint density at radius 3 is 2.79 bits per heavy atom. The first-order valence-corrected chi connectivity index (χ1v) is 9.62. The zero-order chi connectivity index (χ0) is 17.8. The summed E-state index contributed by atoms with van der Waals surface area (Å²) in [6, 6.07) is 0.323. The molecular formula is C17H31N3O3S. The Morgan fingerprint density at radius 2 is 2.08 bits per heavy atom. The lowest BCUT2D eigenvalue weighted by Crippen LogP contribution is -2.35. The van der Waals surface area contributed by atoms with Gasteiger partial charge < -0.3 is 20.5 Å². The van der Waals surface area contributed by atoms with Crippen molar-refractivity contribution in [2.24, 2.45) is 0 Å². The molecule has 0 saturated heterocycles. The van der Waals surface area contributed by atoms with Crippen LogP contribution in [0, 0.1) is 0 Å². The number of carbonyl (C=O) groups excluding carboxylic acids is 1. The van der Waals surface area contributed by atoms with Gasteiger partial charge in [0.05, 0.1) is 6.20 Å². The van der Waals surface area contributed by atoms with E-state index >= 15 is 0 Å². The molecule has 1 unspecified atom stereocenters. The third kappa shape index (κ3) is 9.85. The first-order valence-electron chi connectivity index (χ1n) is 8.81. The Labute approximate surface area is 149 Å². The molecule has 6 nitrogen and oxygen atoms in total. The summed E-state index contributed by atoms with van der Waals surface area (Å²) in [7, 11) is 0. The van der Waals surface area contributed by atoms with Crippen LogP contribution in [0.1, 0.15) is 59.3 Å². The van der Waals surface area contributed by atoms with Crippen molar-refractivity contribution in [3.05, 3.63) is 6.20 Å². The highest BCUT2D eigenvalue weighted by molar-refractivity contribution is 7.17. The van der Waals surface area contributed by atoms with Crippen LogP contribution in [0.4, 0.5) is 5.00 Å². The number of nitrogens with one attached hydrogen (secondary N) is 2. The van der Waals surface area contributed by atoms with E-state index < -0.39 is 6.10 Å². The van der Waals surface area contributed by atoms with E-state index in [-0.39, 0.29) is 12.5 Å². The zero-order valence-corrected chi connectivity index (χ0v) is 15.8. The Kier molecular flexibility index (Phi) is 10.6. The summed E-state index contributed by atoms with van der Waals surface area (Å²) in [5, 5.41) is 16.9. The molecule has 1 rings (SSSR count). The Bertz CT molecular complexity index is 466. The van der Waals surface area contributed by atoms with Crippen LogP contribution >= 0.6 is 11.3 Å². The standard InChI is InChI=1S/C17H31N3O3S/c1-4-5-6-7-8-9-15(22)20-16-11-19-17(24-16)23-12-14(21)10-18-13(2)3/h11,13-14,18,21H,4-10,12H2,1-3H3,(H,20,22). The SMILES string of the molecule is CCCCCCCC(=O)Nc1cnc(OCC(O)CNC(C)C)s1. The summed E-state index contributed by atoms with van der Waals surface area (Å²) < 4.78 is 5.45. The molecule has 0 radical (unpaired) electrons. The highest BCUT2D eigenvalue weighted by atomic mass is 32.1. The van der Waals surface area contributed by atoms with Crippen molar-refractivity contribution < 1.29 is 14.6 Å². The molecule has 0 aromatic carbocycles. The molecule has 0 aliphatic rings. The number of aliphatic hydroxyl groups excluding tert-OH is 1. The molecule has 3 N–H and O–H groups in total. The number of amides is 1. The maximum Gasteiger partial charge on any atom is 0.275 e.